The Morgan fingerprint density at radius 3 is 1.30 bits per heavy atom. The van der Waals surface area contributed by atoms with Crippen molar-refractivity contribution in [3.8, 4) is 33.9 Å². The Morgan fingerprint density at radius 2 is 0.937 bits per heavy atom. The molecule has 0 unspecified atom stereocenters. The molecule has 0 bridgehead atoms. The van der Waals surface area contributed by atoms with Gasteiger partial charge in [-0.2, -0.15) is 27.0 Å². The van der Waals surface area contributed by atoms with E-state index in [0.717, 1.165) is 0 Å². The van der Waals surface area contributed by atoms with E-state index in [2.05, 4.69) is 20.8 Å². The standard InChI is InChI=1S/C41H32Cl6N6O8S2/c42-20-8-14-32(30(46)18-20)52-36-22-10-12-28(44)38(62(56,57)58)24(22)4-1-6-26(36)34(50-52)40(54)48-16-3-17-49-41(55)35-27-7-2-5-25-23(11-13-29(45)39(25)63(59,60)61)37(27)53(51-35)33-15-9-21(43)19-31(33)47/h8-15,18-19H,1-7,16-17H2,(H,48,54)(H,49,55)(H,56,57,58)(H,59,60,61). The highest BCUT2D eigenvalue weighted by Crippen LogP contribution is 2.44. The summed E-state index contributed by atoms with van der Waals surface area (Å²) in [4.78, 5) is 27.0. The quantitative estimate of drug-likeness (QED) is 0.0757. The molecule has 8 rings (SSSR count). The normalized spacial score (nSPS) is 13.6. The van der Waals surface area contributed by atoms with Crippen LogP contribution in [-0.4, -0.2) is 70.4 Å². The number of hydrogen-bond donors (Lipinski definition) is 4. The summed E-state index contributed by atoms with van der Waals surface area (Å²) >= 11 is 38.3. The first-order valence-corrected chi connectivity index (χ1v) is 24.3. The summed E-state index contributed by atoms with van der Waals surface area (Å²) in [6, 6.07) is 15.4. The van der Waals surface area contributed by atoms with Crippen LogP contribution in [-0.2, 0) is 45.9 Å². The number of carbonyl (C=O) groups excluding carboxylic acids is 2. The zero-order chi connectivity index (χ0) is 45.1. The zero-order valence-electron chi connectivity index (χ0n) is 32.4. The third kappa shape index (κ3) is 8.70. The van der Waals surface area contributed by atoms with Gasteiger partial charge < -0.3 is 10.6 Å². The van der Waals surface area contributed by atoms with E-state index in [1.165, 1.54) is 33.6 Å². The van der Waals surface area contributed by atoms with Gasteiger partial charge in [0.05, 0.1) is 42.9 Å². The van der Waals surface area contributed by atoms with E-state index >= 15 is 0 Å². The molecule has 0 fully saturated rings. The second kappa shape index (κ2) is 17.6. The van der Waals surface area contributed by atoms with Crippen LogP contribution in [0.4, 0.5) is 0 Å². The third-order valence-electron chi connectivity index (χ3n) is 10.8. The van der Waals surface area contributed by atoms with Crippen molar-refractivity contribution >= 4 is 102 Å². The number of nitrogens with one attached hydrogen (secondary N) is 2. The van der Waals surface area contributed by atoms with Crippen LogP contribution in [0, 0.1) is 0 Å². The number of rotatable bonds is 10. The maximum atomic E-state index is 13.9. The molecular formula is C41H32Cl6N6O8S2. The molecule has 0 saturated carbocycles. The minimum Gasteiger partial charge on any atom is -0.351 e. The lowest BCUT2D eigenvalue weighted by atomic mass is 10.0. The molecule has 2 aliphatic carbocycles. The van der Waals surface area contributed by atoms with Gasteiger partial charge in [-0.05, 0) is 105 Å². The van der Waals surface area contributed by atoms with Gasteiger partial charge >= 0.3 is 0 Å². The Morgan fingerprint density at radius 1 is 0.556 bits per heavy atom. The zero-order valence-corrected chi connectivity index (χ0v) is 38.5. The Hall–Kier alpha value is -4.20. The number of carbonyl (C=O) groups is 2. The number of hydrogen-bond acceptors (Lipinski definition) is 8. The van der Waals surface area contributed by atoms with E-state index in [0.29, 0.717) is 80.7 Å². The second-order valence-corrected chi connectivity index (χ2v) is 19.9. The van der Waals surface area contributed by atoms with Crippen molar-refractivity contribution in [1.29, 1.82) is 0 Å². The second-order valence-electron chi connectivity index (χ2n) is 14.7. The number of amides is 2. The van der Waals surface area contributed by atoms with Gasteiger partial charge in [0, 0.05) is 45.4 Å². The minimum absolute atomic E-state index is 0.0593. The summed E-state index contributed by atoms with van der Waals surface area (Å²) in [5, 5.41) is 15.9. The van der Waals surface area contributed by atoms with Gasteiger partial charge in [0.15, 0.2) is 11.4 Å². The fourth-order valence-electron chi connectivity index (χ4n) is 8.19. The molecule has 4 N–H and O–H groups in total. The van der Waals surface area contributed by atoms with E-state index in [4.69, 9.17) is 69.6 Å². The average Bonchev–Trinajstić information content (AvgIpc) is 3.61. The summed E-state index contributed by atoms with van der Waals surface area (Å²) < 4.78 is 73.4. The predicted molar refractivity (Wildman–Crippen MR) is 241 cm³/mol. The maximum Gasteiger partial charge on any atom is 0.296 e. The van der Waals surface area contributed by atoms with Crippen molar-refractivity contribution in [2.75, 3.05) is 13.1 Å². The van der Waals surface area contributed by atoms with Crippen LogP contribution in [0.2, 0.25) is 30.1 Å². The van der Waals surface area contributed by atoms with E-state index in [1.54, 1.807) is 36.4 Å². The molecule has 0 radical (unpaired) electrons. The summed E-state index contributed by atoms with van der Waals surface area (Å²) in [5.74, 6) is -1.08. The van der Waals surface area contributed by atoms with Crippen molar-refractivity contribution in [1.82, 2.24) is 30.2 Å². The molecule has 2 heterocycles. The van der Waals surface area contributed by atoms with E-state index in [9.17, 15) is 35.5 Å². The first-order chi connectivity index (χ1) is 29.8. The highest BCUT2D eigenvalue weighted by molar-refractivity contribution is 7.86. The fourth-order valence-corrected chi connectivity index (χ4v) is 11.8. The van der Waals surface area contributed by atoms with Crippen molar-refractivity contribution < 1.29 is 35.5 Å². The van der Waals surface area contributed by atoms with Crippen molar-refractivity contribution in [3.63, 3.8) is 0 Å². The lowest BCUT2D eigenvalue weighted by molar-refractivity contribution is 0.0945. The molecule has 2 aromatic heterocycles. The first-order valence-electron chi connectivity index (χ1n) is 19.1. The van der Waals surface area contributed by atoms with Gasteiger partial charge in [-0.15, -0.1) is 0 Å². The average molecular weight is 1010 g/mol. The molecular weight excluding hydrogens is 981 g/mol. The summed E-state index contributed by atoms with van der Waals surface area (Å²) in [7, 11) is -9.48. The number of fused-ring (bicyclic) bond motifs is 6. The van der Waals surface area contributed by atoms with Crippen LogP contribution in [0.3, 0.4) is 0 Å². The molecule has 2 amide bonds. The van der Waals surface area contributed by atoms with Crippen LogP contribution in [0.5, 0.6) is 0 Å². The Bertz CT molecular complexity index is 2930. The number of nitrogens with zero attached hydrogens (tertiary/aromatic N) is 4. The highest BCUT2D eigenvalue weighted by atomic mass is 35.5. The molecule has 0 aliphatic heterocycles. The van der Waals surface area contributed by atoms with Crippen molar-refractivity contribution in [2.45, 2.75) is 54.7 Å². The summed E-state index contributed by atoms with van der Waals surface area (Å²) in [5.41, 5.74) is 3.98. The summed E-state index contributed by atoms with van der Waals surface area (Å²) in [6.07, 6.45) is 2.10. The van der Waals surface area contributed by atoms with Crippen LogP contribution in [0.15, 0.2) is 70.5 Å². The largest absolute Gasteiger partial charge is 0.351 e. The highest BCUT2D eigenvalue weighted by Gasteiger charge is 2.34. The molecule has 0 spiro atoms. The van der Waals surface area contributed by atoms with Crippen LogP contribution in [0.25, 0.3) is 33.9 Å². The van der Waals surface area contributed by atoms with Gasteiger partial charge in [-0.3, -0.25) is 18.7 Å². The van der Waals surface area contributed by atoms with Gasteiger partial charge in [0.1, 0.15) is 9.79 Å². The Kier molecular flexibility index (Phi) is 12.7. The van der Waals surface area contributed by atoms with E-state index in [1.807, 2.05) is 0 Å². The van der Waals surface area contributed by atoms with Gasteiger partial charge in [-0.1, -0.05) is 81.7 Å². The number of benzene rings is 4. The monoisotopic (exact) mass is 1010 g/mol. The van der Waals surface area contributed by atoms with Crippen LogP contribution in [0.1, 0.15) is 62.5 Å². The lowest BCUT2D eigenvalue weighted by Crippen LogP contribution is -2.31. The van der Waals surface area contributed by atoms with Crippen LogP contribution >= 0.6 is 69.6 Å². The molecule has 328 valence electrons. The predicted octanol–water partition coefficient (Wildman–Crippen LogP) is 9.33. The number of aromatic nitrogens is 4. The fraction of sp³-hybridized carbons (Fsp3) is 0.220. The van der Waals surface area contributed by atoms with Gasteiger partial charge in [0.2, 0.25) is 0 Å². The third-order valence-corrected chi connectivity index (χ3v) is 14.6. The van der Waals surface area contributed by atoms with E-state index in [-0.39, 0.29) is 75.0 Å². The molecule has 22 heteroatoms. The molecule has 2 aliphatic rings. The van der Waals surface area contributed by atoms with Crippen LogP contribution < -0.4 is 10.6 Å². The Labute approximate surface area is 390 Å². The molecule has 0 saturated heterocycles. The molecule has 14 nitrogen and oxygen atoms in total. The molecule has 63 heavy (non-hydrogen) atoms. The molecule has 4 aromatic carbocycles. The molecule has 0 atom stereocenters. The van der Waals surface area contributed by atoms with Crippen molar-refractivity contribution in [3.05, 3.63) is 124 Å². The lowest BCUT2D eigenvalue weighted by Gasteiger charge is -2.15. The number of halogens is 6. The van der Waals surface area contributed by atoms with E-state index < -0.39 is 41.8 Å². The topological polar surface area (TPSA) is 203 Å². The first kappa shape index (κ1) is 45.4. The molecule has 6 aromatic rings. The van der Waals surface area contributed by atoms with Gasteiger partial charge in [0.25, 0.3) is 32.1 Å². The summed E-state index contributed by atoms with van der Waals surface area (Å²) in [6.45, 7) is 0.196. The van der Waals surface area contributed by atoms with Gasteiger partial charge in [-0.25, -0.2) is 9.36 Å². The van der Waals surface area contributed by atoms with Crippen molar-refractivity contribution in [2.24, 2.45) is 0 Å². The maximum absolute atomic E-state index is 13.9. The Balaban J connectivity index is 1.06. The smallest absolute Gasteiger partial charge is 0.296 e. The minimum atomic E-state index is -4.74. The SMILES string of the molecule is O=C(NCCCNC(=O)c1nn(-c2ccc(Cl)cc2Cl)c2c1CCCc1c-2ccc(Cl)c1S(=O)(=O)O)c1nn(-c2ccc(Cl)cc2Cl)c2c1CCCc1c-2ccc(Cl)c1S(=O)(=O)O.